The summed E-state index contributed by atoms with van der Waals surface area (Å²) in [6.45, 7) is 2.24. The van der Waals surface area contributed by atoms with E-state index in [1.807, 2.05) is 0 Å². The molecule has 88 valence electrons. The number of furan rings is 1. The molecule has 1 N–H and O–H groups in total. The van der Waals surface area contributed by atoms with E-state index in [1.54, 1.807) is 6.07 Å². The van der Waals surface area contributed by atoms with Crippen molar-refractivity contribution in [2.75, 3.05) is 0 Å². The lowest BCUT2D eigenvalue weighted by molar-refractivity contribution is 0.0632. The van der Waals surface area contributed by atoms with E-state index >= 15 is 0 Å². The van der Waals surface area contributed by atoms with Crippen LogP contribution in [0.3, 0.4) is 0 Å². The summed E-state index contributed by atoms with van der Waals surface area (Å²) in [4.78, 5) is 10.6. The SMILES string of the molecule is CC1CCC(Oc2ccc(C(=O)O)o2)CC1. The summed E-state index contributed by atoms with van der Waals surface area (Å²) in [6, 6.07) is 2.99. The van der Waals surface area contributed by atoms with Gasteiger partial charge in [-0.1, -0.05) is 6.92 Å². The molecule has 1 heterocycles. The Labute approximate surface area is 94.2 Å². The third-order valence-electron chi connectivity index (χ3n) is 3.04. The summed E-state index contributed by atoms with van der Waals surface area (Å²) < 4.78 is 10.7. The van der Waals surface area contributed by atoms with Crippen molar-refractivity contribution in [2.24, 2.45) is 5.92 Å². The molecule has 0 amide bonds. The van der Waals surface area contributed by atoms with E-state index in [9.17, 15) is 4.79 Å². The quantitative estimate of drug-likeness (QED) is 0.857. The van der Waals surface area contributed by atoms with Crippen molar-refractivity contribution >= 4 is 5.97 Å². The zero-order valence-corrected chi connectivity index (χ0v) is 9.31. The van der Waals surface area contributed by atoms with Gasteiger partial charge < -0.3 is 14.3 Å². The van der Waals surface area contributed by atoms with Crippen LogP contribution in [0.1, 0.15) is 43.2 Å². The van der Waals surface area contributed by atoms with E-state index < -0.39 is 5.97 Å². The molecule has 1 aromatic heterocycles. The first-order valence-corrected chi connectivity index (χ1v) is 5.65. The topological polar surface area (TPSA) is 59.7 Å². The first-order chi connectivity index (χ1) is 7.65. The van der Waals surface area contributed by atoms with Gasteiger partial charge in [-0.05, 0) is 37.7 Å². The number of carboxylic acid groups (broad SMARTS) is 1. The molecule has 0 aromatic carbocycles. The average molecular weight is 224 g/mol. The lowest BCUT2D eigenvalue weighted by Crippen LogP contribution is -2.22. The van der Waals surface area contributed by atoms with E-state index in [1.165, 1.54) is 6.07 Å². The van der Waals surface area contributed by atoms with E-state index in [4.69, 9.17) is 14.3 Å². The Morgan fingerprint density at radius 2 is 2.06 bits per heavy atom. The third-order valence-corrected chi connectivity index (χ3v) is 3.04. The van der Waals surface area contributed by atoms with Gasteiger partial charge in [0.25, 0.3) is 5.95 Å². The van der Waals surface area contributed by atoms with Crippen molar-refractivity contribution < 1.29 is 19.1 Å². The van der Waals surface area contributed by atoms with Crippen molar-refractivity contribution in [3.8, 4) is 5.95 Å². The smallest absolute Gasteiger partial charge is 0.371 e. The Morgan fingerprint density at radius 1 is 1.38 bits per heavy atom. The zero-order chi connectivity index (χ0) is 11.5. The van der Waals surface area contributed by atoms with Crippen LogP contribution in [0, 0.1) is 5.92 Å². The van der Waals surface area contributed by atoms with E-state index in [0.717, 1.165) is 31.6 Å². The van der Waals surface area contributed by atoms with Crippen molar-refractivity contribution in [1.82, 2.24) is 0 Å². The Hall–Kier alpha value is -1.45. The molecule has 1 aliphatic carbocycles. The number of aromatic carboxylic acids is 1. The molecule has 0 spiro atoms. The highest BCUT2D eigenvalue weighted by Gasteiger charge is 2.21. The molecule has 0 saturated heterocycles. The second kappa shape index (κ2) is 4.60. The molecule has 2 rings (SSSR count). The van der Waals surface area contributed by atoms with Gasteiger partial charge in [0.15, 0.2) is 0 Å². The van der Waals surface area contributed by atoms with Crippen LogP contribution in [0.25, 0.3) is 0 Å². The molecule has 0 unspecified atom stereocenters. The summed E-state index contributed by atoms with van der Waals surface area (Å²) >= 11 is 0. The van der Waals surface area contributed by atoms with Gasteiger partial charge in [-0.3, -0.25) is 0 Å². The second-order valence-corrected chi connectivity index (χ2v) is 4.42. The first kappa shape index (κ1) is 11.0. The minimum atomic E-state index is -1.06. The minimum absolute atomic E-state index is 0.0702. The predicted molar refractivity (Wildman–Crippen MR) is 57.7 cm³/mol. The summed E-state index contributed by atoms with van der Waals surface area (Å²) in [7, 11) is 0. The largest absolute Gasteiger partial charge is 0.475 e. The molecule has 0 bridgehead atoms. The van der Waals surface area contributed by atoms with Gasteiger partial charge in [0.2, 0.25) is 5.76 Å². The molecule has 0 aliphatic heterocycles. The lowest BCUT2D eigenvalue weighted by atomic mass is 9.89. The fourth-order valence-electron chi connectivity index (χ4n) is 2.01. The van der Waals surface area contributed by atoms with Crippen molar-refractivity contribution in [3.63, 3.8) is 0 Å². The Balaban J connectivity index is 1.91. The molecule has 1 saturated carbocycles. The monoisotopic (exact) mass is 224 g/mol. The van der Waals surface area contributed by atoms with Crippen LogP contribution < -0.4 is 4.74 Å². The maximum atomic E-state index is 10.6. The van der Waals surface area contributed by atoms with Gasteiger partial charge in [0.1, 0.15) is 6.10 Å². The van der Waals surface area contributed by atoms with Crippen LogP contribution in [0.4, 0.5) is 0 Å². The molecule has 1 aliphatic rings. The summed E-state index contributed by atoms with van der Waals surface area (Å²) in [5, 5.41) is 8.69. The van der Waals surface area contributed by atoms with Gasteiger partial charge in [0, 0.05) is 6.07 Å². The Bertz CT molecular complexity index is 361. The number of carboxylic acids is 1. The molecule has 4 nitrogen and oxygen atoms in total. The van der Waals surface area contributed by atoms with Crippen LogP contribution in [0.2, 0.25) is 0 Å². The van der Waals surface area contributed by atoms with Gasteiger partial charge in [-0.2, -0.15) is 0 Å². The highest BCUT2D eigenvalue weighted by Crippen LogP contribution is 2.27. The lowest BCUT2D eigenvalue weighted by Gasteiger charge is -2.25. The van der Waals surface area contributed by atoms with Gasteiger partial charge in [-0.25, -0.2) is 4.79 Å². The van der Waals surface area contributed by atoms with Crippen LogP contribution in [-0.2, 0) is 0 Å². The molecular weight excluding hydrogens is 208 g/mol. The number of rotatable bonds is 3. The van der Waals surface area contributed by atoms with E-state index in [2.05, 4.69) is 6.92 Å². The van der Waals surface area contributed by atoms with Gasteiger partial charge >= 0.3 is 5.97 Å². The molecule has 4 heteroatoms. The minimum Gasteiger partial charge on any atom is -0.475 e. The van der Waals surface area contributed by atoms with E-state index in [0.29, 0.717) is 5.95 Å². The van der Waals surface area contributed by atoms with Crippen LogP contribution in [0.5, 0.6) is 5.95 Å². The normalized spacial score (nSPS) is 25.3. The van der Waals surface area contributed by atoms with Crippen molar-refractivity contribution in [2.45, 2.75) is 38.7 Å². The van der Waals surface area contributed by atoms with Crippen molar-refractivity contribution in [3.05, 3.63) is 17.9 Å². The van der Waals surface area contributed by atoms with Crippen molar-refractivity contribution in [1.29, 1.82) is 0 Å². The molecular formula is C12H16O4. The van der Waals surface area contributed by atoms with Crippen LogP contribution >= 0.6 is 0 Å². The molecule has 0 radical (unpaired) electrons. The Kier molecular flexibility index (Phi) is 3.17. The number of hydrogen-bond donors (Lipinski definition) is 1. The maximum absolute atomic E-state index is 10.6. The summed E-state index contributed by atoms with van der Waals surface area (Å²) in [5.41, 5.74) is 0. The highest BCUT2D eigenvalue weighted by atomic mass is 16.6. The molecule has 1 fully saturated rings. The van der Waals surface area contributed by atoms with Crippen LogP contribution in [-0.4, -0.2) is 17.2 Å². The first-order valence-electron chi connectivity index (χ1n) is 5.65. The number of ether oxygens (including phenoxy) is 1. The number of hydrogen-bond acceptors (Lipinski definition) is 3. The Morgan fingerprint density at radius 3 is 2.62 bits per heavy atom. The number of carbonyl (C=O) groups is 1. The zero-order valence-electron chi connectivity index (χ0n) is 9.31. The average Bonchev–Trinajstić information content (AvgIpc) is 2.70. The fourth-order valence-corrected chi connectivity index (χ4v) is 2.01. The second-order valence-electron chi connectivity index (χ2n) is 4.42. The van der Waals surface area contributed by atoms with E-state index in [-0.39, 0.29) is 11.9 Å². The van der Waals surface area contributed by atoms with Crippen LogP contribution in [0.15, 0.2) is 16.5 Å². The van der Waals surface area contributed by atoms with Gasteiger partial charge in [0.05, 0.1) is 0 Å². The molecule has 1 aromatic rings. The summed E-state index contributed by atoms with van der Waals surface area (Å²) in [5.74, 6) is -0.0470. The van der Waals surface area contributed by atoms with Gasteiger partial charge in [-0.15, -0.1) is 0 Å². The highest BCUT2D eigenvalue weighted by molar-refractivity contribution is 5.84. The summed E-state index contributed by atoms with van der Waals surface area (Å²) in [6.07, 6.45) is 4.53. The fraction of sp³-hybridized carbons (Fsp3) is 0.583. The third kappa shape index (κ3) is 2.56. The maximum Gasteiger partial charge on any atom is 0.371 e. The molecule has 0 atom stereocenters. The standard InChI is InChI=1S/C12H16O4/c1-8-2-4-9(5-3-8)15-11-7-6-10(16-11)12(13)14/h6-9H,2-5H2,1H3,(H,13,14). The predicted octanol–water partition coefficient (Wildman–Crippen LogP) is 2.94. The molecule has 16 heavy (non-hydrogen) atoms.